The highest BCUT2D eigenvalue weighted by Crippen LogP contribution is 2.11. The van der Waals surface area contributed by atoms with Gasteiger partial charge in [0.25, 0.3) is 0 Å². The number of carbonyl (C=O) groups excluding carboxylic acids is 3. The summed E-state index contributed by atoms with van der Waals surface area (Å²) in [6, 6.07) is 0. The third-order valence-corrected chi connectivity index (χ3v) is 8.60. The van der Waals surface area contributed by atoms with Crippen LogP contribution in [0.2, 0.25) is 0 Å². The van der Waals surface area contributed by atoms with Crippen LogP contribution in [-0.4, -0.2) is 37.2 Å². The summed E-state index contributed by atoms with van der Waals surface area (Å²) < 4.78 is 16.5. The Balaban J connectivity index is 4.47. The number of ether oxygens (including phenoxy) is 3. The van der Waals surface area contributed by atoms with Gasteiger partial charge < -0.3 is 14.2 Å². The molecule has 0 aliphatic heterocycles. The molecule has 1 atom stereocenters. The molecular weight excluding hydrogens is 685 g/mol. The highest BCUT2D eigenvalue weighted by Gasteiger charge is 2.19. The topological polar surface area (TPSA) is 78.9 Å². The van der Waals surface area contributed by atoms with Crippen molar-refractivity contribution < 1.29 is 28.6 Å². The van der Waals surface area contributed by atoms with Crippen molar-refractivity contribution >= 4 is 17.9 Å². The van der Waals surface area contributed by atoms with Crippen LogP contribution < -0.4 is 0 Å². The Morgan fingerprint density at radius 2 is 0.745 bits per heavy atom. The number of rotatable bonds is 37. The minimum atomic E-state index is -0.821. The summed E-state index contributed by atoms with van der Waals surface area (Å²) in [4.78, 5) is 37.5. The molecule has 0 heterocycles. The number of carbonyl (C=O) groups is 3. The van der Waals surface area contributed by atoms with Gasteiger partial charge in [0.05, 0.1) is 0 Å². The number of hydrogen-bond acceptors (Lipinski definition) is 6. The van der Waals surface area contributed by atoms with E-state index in [-0.39, 0.29) is 31.6 Å². The van der Waals surface area contributed by atoms with Gasteiger partial charge in [0, 0.05) is 19.3 Å². The standard InChI is InChI=1S/C49H78O6/c1-4-7-10-13-16-18-20-22-23-24-25-27-28-30-33-36-39-42-48(51)54-45-46(44-53-47(50)41-38-35-32-15-12-9-6-3)55-49(52)43-40-37-34-31-29-26-21-19-17-14-11-8-5-2/h7-8,10-11,16-19,22-23,25-27,29,34,37,46H,4-6,9,12-15,20-21,24,28,30-33,35-36,38-45H2,1-3H3/b10-7-,11-8-,18-16-,19-17-,23-22-,27-25-,29-26-,37-34-. The molecule has 0 bridgehead atoms. The van der Waals surface area contributed by atoms with Gasteiger partial charge in [-0.25, -0.2) is 0 Å². The number of esters is 3. The van der Waals surface area contributed by atoms with Gasteiger partial charge in [-0.15, -0.1) is 0 Å². The molecule has 0 aromatic carbocycles. The molecule has 0 N–H and O–H groups in total. The van der Waals surface area contributed by atoms with Crippen LogP contribution in [0.3, 0.4) is 0 Å². The second kappa shape index (κ2) is 43.1. The Kier molecular flexibility index (Phi) is 40.2. The Hall–Kier alpha value is -3.67. The highest BCUT2D eigenvalue weighted by atomic mass is 16.6. The fourth-order valence-corrected chi connectivity index (χ4v) is 5.38. The van der Waals surface area contributed by atoms with Crippen molar-refractivity contribution in [1.82, 2.24) is 0 Å². The average molecular weight is 763 g/mol. The number of unbranched alkanes of at least 4 members (excludes halogenated alkanes) is 10. The quantitative estimate of drug-likeness (QED) is 0.0271. The molecule has 6 heteroatoms. The molecule has 6 nitrogen and oxygen atoms in total. The van der Waals surface area contributed by atoms with Crippen molar-refractivity contribution in [3.63, 3.8) is 0 Å². The first-order chi connectivity index (χ1) is 27.0. The Bertz CT molecular complexity index is 1150. The van der Waals surface area contributed by atoms with Crippen molar-refractivity contribution in [2.75, 3.05) is 13.2 Å². The van der Waals surface area contributed by atoms with Gasteiger partial charge in [-0.2, -0.15) is 0 Å². The first-order valence-corrected chi connectivity index (χ1v) is 21.7. The zero-order chi connectivity index (χ0) is 40.1. The molecule has 1 unspecified atom stereocenters. The lowest BCUT2D eigenvalue weighted by Gasteiger charge is -2.18. The molecule has 0 radical (unpaired) electrons. The molecular formula is C49H78O6. The van der Waals surface area contributed by atoms with E-state index >= 15 is 0 Å². The first kappa shape index (κ1) is 51.3. The maximum absolute atomic E-state index is 12.6. The van der Waals surface area contributed by atoms with Gasteiger partial charge in [0.2, 0.25) is 0 Å². The molecule has 310 valence electrons. The van der Waals surface area contributed by atoms with Gasteiger partial charge in [0.1, 0.15) is 13.2 Å². The lowest BCUT2D eigenvalue weighted by Crippen LogP contribution is -2.30. The SMILES string of the molecule is CC/C=C\C/C=C\C/C=C\C/C=C\CCCCCCC(=O)OCC(COC(=O)CCCCCCCCC)OC(=O)CC/C=C\C/C=C\C/C=C\C/C=C\CC. The number of hydrogen-bond donors (Lipinski definition) is 0. The maximum Gasteiger partial charge on any atom is 0.306 e. The molecule has 0 aliphatic carbocycles. The second-order valence-electron chi connectivity index (χ2n) is 13.8. The summed E-state index contributed by atoms with van der Waals surface area (Å²) in [7, 11) is 0. The summed E-state index contributed by atoms with van der Waals surface area (Å²) in [6.07, 6.45) is 55.6. The van der Waals surface area contributed by atoms with Crippen LogP contribution in [0.5, 0.6) is 0 Å². The third kappa shape index (κ3) is 41.3. The normalized spacial score (nSPS) is 13.0. The highest BCUT2D eigenvalue weighted by molar-refractivity contribution is 5.71. The predicted octanol–water partition coefficient (Wildman–Crippen LogP) is 13.9. The lowest BCUT2D eigenvalue weighted by molar-refractivity contribution is -0.166. The van der Waals surface area contributed by atoms with E-state index in [1.165, 1.54) is 25.7 Å². The minimum absolute atomic E-state index is 0.115. The molecule has 0 aromatic heterocycles. The van der Waals surface area contributed by atoms with Crippen molar-refractivity contribution in [2.24, 2.45) is 0 Å². The van der Waals surface area contributed by atoms with Gasteiger partial charge >= 0.3 is 17.9 Å². The van der Waals surface area contributed by atoms with Crippen LogP contribution in [-0.2, 0) is 28.6 Å². The van der Waals surface area contributed by atoms with Gasteiger partial charge in [-0.1, -0.05) is 169 Å². The second-order valence-corrected chi connectivity index (χ2v) is 13.8. The summed E-state index contributed by atoms with van der Waals surface area (Å²) in [5.41, 5.74) is 0. The van der Waals surface area contributed by atoms with Crippen LogP contribution in [0, 0.1) is 0 Å². The molecule has 0 spiro atoms. The number of allylic oxidation sites excluding steroid dienone is 16. The third-order valence-electron chi connectivity index (χ3n) is 8.60. The van der Waals surface area contributed by atoms with Crippen molar-refractivity contribution in [2.45, 2.75) is 181 Å². The zero-order valence-electron chi connectivity index (χ0n) is 35.1. The molecule has 0 saturated heterocycles. The maximum atomic E-state index is 12.6. The minimum Gasteiger partial charge on any atom is -0.462 e. The molecule has 0 aromatic rings. The summed E-state index contributed by atoms with van der Waals surface area (Å²) in [6.45, 7) is 6.24. The summed E-state index contributed by atoms with van der Waals surface area (Å²) in [5, 5.41) is 0. The summed E-state index contributed by atoms with van der Waals surface area (Å²) >= 11 is 0. The van der Waals surface area contributed by atoms with E-state index in [9.17, 15) is 14.4 Å². The van der Waals surface area contributed by atoms with Crippen molar-refractivity contribution in [3.05, 3.63) is 97.2 Å². The van der Waals surface area contributed by atoms with Gasteiger partial charge in [0.15, 0.2) is 6.10 Å². The molecule has 0 fully saturated rings. The fourth-order valence-electron chi connectivity index (χ4n) is 5.38. The lowest BCUT2D eigenvalue weighted by atomic mass is 10.1. The van der Waals surface area contributed by atoms with Crippen LogP contribution >= 0.6 is 0 Å². The largest absolute Gasteiger partial charge is 0.462 e. The van der Waals surface area contributed by atoms with Gasteiger partial charge in [-0.05, 0) is 83.5 Å². The molecule has 0 saturated carbocycles. The Labute approximate surface area is 337 Å². The predicted molar refractivity (Wildman–Crippen MR) is 233 cm³/mol. The summed E-state index contributed by atoms with van der Waals surface area (Å²) in [5.74, 6) is -1.04. The molecule has 55 heavy (non-hydrogen) atoms. The van der Waals surface area contributed by atoms with Crippen molar-refractivity contribution in [1.29, 1.82) is 0 Å². The van der Waals surface area contributed by atoms with Crippen LogP contribution in [0.1, 0.15) is 175 Å². The Morgan fingerprint density at radius 3 is 1.18 bits per heavy atom. The monoisotopic (exact) mass is 763 g/mol. The van der Waals surface area contributed by atoms with E-state index in [0.29, 0.717) is 19.3 Å². The zero-order valence-corrected chi connectivity index (χ0v) is 35.1. The van der Waals surface area contributed by atoms with Crippen LogP contribution in [0.15, 0.2) is 97.2 Å². The average Bonchev–Trinajstić information content (AvgIpc) is 3.18. The van der Waals surface area contributed by atoms with E-state index in [0.717, 1.165) is 103 Å². The van der Waals surface area contributed by atoms with E-state index < -0.39 is 12.1 Å². The molecule has 0 aliphatic rings. The Morgan fingerprint density at radius 1 is 0.382 bits per heavy atom. The molecule has 0 amide bonds. The fraction of sp³-hybridized carbons (Fsp3) is 0.612. The molecule has 0 rings (SSSR count). The van der Waals surface area contributed by atoms with Crippen molar-refractivity contribution in [3.8, 4) is 0 Å². The van der Waals surface area contributed by atoms with E-state index in [4.69, 9.17) is 14.2 Å². The van der Waals surface area contributed by atoms with E-state index in [1.807, 2.05) is 12.2 Å². The first-order valence-electron chi connectivity index (χ1n) is 21.7. The smallest absolute Gasteiger partial charge is 0.306 e. The van der Waals surface area contributed by atoms with Gasteiger partial charge in [-0.3, -0.25) is 14.4 Å². The van der Waals surface area contributed by atoms with E-state index in [1.54, 1.807) is 0 Å². The van der Waals surface area contributed by atoms with Crippen LogP contribution in [0.4, 0.5) is 0 Å². The van der Waals surface area contributed by atoms with E-state index in [2.05, 4.69) is 106 Å². The van der Waals surface area contributed by atoms with Crippen LogP contribution in [0.25, 0.3) is 0 Å².